The minimum Gasteiger partial charge on any atom is -0.393 e. The van der Waals surface area contributed by atoms with E-state index >= 15 is 0 Å². The summed E-state index contributed by atoms with van der Waals surface area (Å²) in [6.45, 7) is 2.90. The lowest BCUT2D eigenvalue weighted by atomic mass is 9.88. The summed E-state index contributed by atoms with van der Waals surface area (Å²) in [4.78, 5) is 2.46. The van der Waals surface area contributed by atoms with Crippen molar-refractivity contribution in [1.29, 1.82) is 0 Å². The summed E-state index contributed by atoms with van der Waals surface area (Å²) < 4.78 is 1.14. The number of rotatable bonds is 4. The van der Waals surface area contributed by atoms with Gasteiger partial charge in [-0.2, -0.15) is 0 Å². The van der Waals surface area contributed by atoms with E-state index in [0.29, 0.717) is 5.92 Å². The highest BCUT2D eigenvalue weighted by Crippen LogP contribution is 2.26. The van der Waals surface area contributed by atoms with Gasteiger partial charge in [0, 0.05) is 30.0 Å². The van der Waals surface area contributed by atoms with Crippen LogP contribution in [0.1, 0.15) is 17.5 Å². The molecule has 0 spiro atoms. The lowest BCUT2D eigenvalue weighted by Crippen LogP contribution is -2.43. The minimum absolute atomic E-state index is 0.195. The maximum Gasteiger partial charge on any atom is 0.0596 e. The van der Waals surface area contributed by atoms with Gasteiger partial charge in [-0.15, -0.1) is 0 Å². The SMILES string of the molecule is OC1CCN(Cc2ccccc2)CC1Cc1ccccc1Br. The molecule has 3 rings (SSSR count). The van der Waals surface area contributed by atoms with E-state index in [1.54, 1.807) is 0 Å². The molecule has 1 fully saturated rings. The first-order valence-electron chi connectivity index (χ1n) is 7.90. The van der Waals surface area contributed by atoms with Gasteiger partial charge in [0.15, 0.2) is 0 Å². The van der Waals surface area contributed by atoms with Gasteiger partial charge in [0.05, 0.1) is 6.10 Å². The Morgan fingerprint density at radius 1 is 1.05 bits per heavy atom. The molecule has 0 bridgehead atoms. The lowest BCUT2D eigenvalue weighted by molar-refractivity contribution is 0.0239. The quantitative estimate of drug-likeness (QED) is 0.895. The molecule has 1 aliphatic rings. The van der Waals surface area contributed by atoms with Crippen LogP contribution in [0, 0.1) is 5.92 Å². The van der Waals surface area contributed by atoms with Gasteiger partial charge in [0.25, 0.3) is 0 Å². The van der Waals surface area contributed by atoms with Crippen LogP contribution >= 0.6 is 15.9 Å². The Labute approximate surface area is 140 Å². The van der Waals surface area contributed by atoms with E-state index in [4.69, 9.17) is 0 Å². The Kier molecular flexibility index (Phi) is 5.29. The molecule has 2 aromatic carbocycles. The Hall–Kier alpha value is -1.16. The van der Waals surface area contributed by atoms with Crippen molar-refractivity contribution in [1.82, 2.24) is 4.90 Å². The van der Waals surface area contributed by atoms with E-state index in [1.807, 2.05) is 6.07 Å². The first-order chi connectivity index (χ1) is 10.7. The van der Waals surface area contributed by atoms with Crippen LogP contribution in [-0.2, 0) is 13.0 Å². The summed E-state index contributed by atoms with van der Waals surface area (Å²) in [5.74, 6) is 0.302. The molecule has 0 radical (unpaired) electrons. The number of piperidine rings is 1. The Morgan fingerprint density at radius 2 is 1.77 bits per heavy atom. The monoisotopic (exact) mass is 359 g/mol. The summed E-state index contributed by atoms with van der Waals surface area (Å²) in [6.07, 6.45) is 1.59. The van der Waals surface area contributed by atoms with Crippen molar-refractivity contribution in [2.24, 2.45) is 5.92 Å². The van der Waals surface area contributed by atoms with Crippen LogP contribution in [0.25, 0.3) is 0 Å². The van der Waals surface area contributed by atoms with Gasteiger partial charge in [-0.1, -0.05) is 64.5 Å². The van der Waals surface area contributed by atoms with Crippen LogP contribution in [0.2, 0.25) is 0 Å². The number of hydrogen-bond donors (Lipinski definition) is 1. The third-order valence-corrected chi connectivity index (χ3v) is 5.24. The molecule has 116 valence electrons. The molecule has 1 heterocycles. The summed E-state index contributed by atoms with van der Waals surface area (Å²) in [6, 6.07) is 18.9. The van der Waals surface area contributed by atoms with Gasteiger partial charge in [-0.25, -0.2) is 0 Å². The number of hydrogen-bond acceptors (Lipinski definition) is 2. The summed E-state index contributed by atoms with van der Waals surface area (Å²) in [5.41, 5.74) is 2.63. The highest BCUT2D eigenvalue weighted by Gasteiger charge is 2.28. The lowest BCUT2D eigenvalue weighted by Gasteiger charge is -2.36. The predicted molar refractivity (Wildman–Crippen MR) is 93.7 cm³/mol. The fourth-order valence-electron chi connectivity index (χ4n) is 3.23. The summed E-state index contributed by atoms with van der Waals surface area (Å²) in [5, 5.41) is 10.4. The first-order valence-corrected chi connectivity index (χ1v) is 8.69. The zero-order valence-electron chi connectivity index (χ0n) is 12.7. The summed E-state index contributed by atoms with van der Waals surface area (Å²) in [7, 11) is 0. The fourth-order valence-corrected chi connectivity index (χ4v) is 3.67. The number of benzene rings is 2. The molecule has 22 heavy (non-hydrogen) atoms. The van der Waals surface area contributed by atoms with Crippen LogP contribution in [0.4, 0.5) is 0 Å². The van der Waals surface area contributed by atoms with Gasteiger partial charge >= 0.3 is 0 Å². The number of aliphatic hydroxyl groups excluding tert-OH is 1. The Balaban J connectivity index is 1.65. The first kappa shape index (κ1) is 15.7. The standard InChI is InChI=1S/C19H22BrNO/c20-18-9-5-4-8-16(18)12-17-14-21(11-10-19(17)22)13-15-6-2-1-3-7-15/h1-9,17,19,22H,10-14H2. The van der Waals surface area contributed by atoms with Gasteiger partial charge < -0.3 is 5.11 Å². The van der Waals surface area contributed by atoms with Crippen LogP contribution in [0.5, 0.6) is 0 Å². The molecule has 0 aliphatic carbocycles. The second kappa shape index (κ2) is 7.40. The third kappa shape index (κ3) is 3.97. The average molecular weight is 360 g/mol. The minimum atomic E-state index is -0.195. The highest BCUT2D eigenvalue weighted by molar-refractivity contribution is 9.10. The second-order valence-corrected chi connectivity index (χ2v) is 6.99. The number of likely N-dealkylation sites (tertiary alicyclic amines) is 1. The maximum absolute atomic E-state index is 10.4. The van der Waals surface area contributed by atoms with Crippen LogP contribution < -0.4 is 0 Å². The normalized spacial score (nSPS) is 22.6. The largest absolute Gasteiger partial charge is 0.393 e. The highest BCUT2D eigenvalue weighted by atomic mass is 79.9. The zero-order valence-corrected chi connectivity index (χ0v) is 14.2. The fraction of sp³-hybridized carbons (Fsp3) is 0.368. The topological polar surface area (TPSA) is 23.5 Å². The van der Waals surface area contributed by atoms with Crippen LogP contribution in [0.15, 0.2) is 59.1 Å². The van der Waals surface area contributed by atoms with Gasteiger partial charge in [0.1, 0.15) is 0 Å². The van der Waals surface area contributed by atoms with E-state index in [0.717, 1.165) is 36.9 Å². The molecule has 3 heteroatoms. The third-order valence-electron chi connectivity index (χ3n) is 4.47. The molecule has 2 nitrogen and oxygen atoms in total. The van der Waals surface area contributed by atoms with E-state index < -0.39 is 0 Å². The van der Waals surface area contributed by atoms with Gasteiger partial charge in [-0.05, 0) is 30.0 Å². The van der Waals surface area contributed by atoms with Crippen molar-refractivity contribution < 1.29 is 5.11 Å². The van der Waals surface area contributed by atoms with Gasteiger partial charge in [-0.3, -0.25) is 4.90 Å². The Bertz CT molecular complexity index is 601. The van der Waals surface area contributed by atoms with Crippen molar-refractivity contribution in [3.05, 3.63) is 70.2 Å². The molecule has 2 unspecified atom stereocenters. The van der Waals surface area contributed by atoms with E-state index in [1.165, 1.54) is 11.1 Å². The maximum atomic E-state index is 10.4. The molecule has 2 atom stereocenters. The van der Waals surface area contributed by atoms with E-state index in [2.05, 4.69) is 69.4 Å². The van der Waals surface area contributed by atoms with Crippen LogP contribution in [0.3, 0.4) is 0 Å². The molecule has 1 saturated heterocycles. The zero-order chi connectivity index (χ0) is 15.4. The number of aliphatic hydroxyl groups is 1. The molecule has 0 aromatic heterocycles. The van der Waals surface area contributed by atoms with Crippen molar-refractivity contribution in [2.75, 3.05) is 13.1 Å². The van der Waals surface area contributed by atoms with Crippen molar-refractivity contribution in [3.8, 4) is 0 Å². The molecular weight excluding hydrogens is 338 g/mol. The Morgan fingerprint density at radius 3 is 2.55 bits per heavy atom. The van der Waals surface area contributed by atoms with Gasteiger partial charge in [0.2, 0.25) is 0 Å². The van der Waals surface area contributed by atoms with Crippen molar-refractivity contribution >= 4 is 15.9 Å². The molecule has 1 N–H and O–H groups in total. The average Bonchev–Trinajstić information content (AvgIpc) is 2.54. The predicted octanol–water partition coefficient (Wildman–Crippen LogP) is 3.87. The molecule has 2 aromatic rings. The summed E-state index contributed by atoms with van der Waals surface area (Å²) >= 11 is 3.62. The number of halogens is 1. The molecular formula is C19H22BrNO. The van der Waals surface area contributed by atoms with E-state index in [-0.39, 0.29) is 6.10 Å². The molecule has 0 amide bonds. The smallest absolute Gasteiger partial charge is 0.0596 e. The van der Waals surface area contributed by atoms with Crippen molar-refractivity contribution in [3.63, 3.8) is 0 Å². The molecule has 0 saturated carbocycles. The van der Waals surface area contributed by atoms with Crippen LogP contribution in [-0.4, -0.2) is 29.2 Å². The van der Waals surface area contributed by atoms with Crippen molar-refractivity contribution in [2.45, 2.75) is 25.5 Å². The van der Waals surface area contributed by atoms with E-state index in [9.17, 15) is 5.11 Å². The number of nitrogens with zero attached hydrogens (tertiary/aromatic N) is 1. The second-order valence-electron chi connectivity index (χ2n) is 6.13. The molecule has 1 aliphatic heterocycles.